The van der Waals surface area contributed by atoms with Crippen LogP contribution in [0.4, 0.5) is 14.5 Å². The van der Waals surface area contributed by atoms with Gasteiger partial charge in [0.1, 0.15) is 17.3 Å². The number of aliphatic hydroxyl groups is 1. The molecule has 0 amide bonds. The van der Waals surface area contributed by atoms with E-state index in [0.29, 0.717) is 13.0 Å². The molecule has 0 aromatic heterocycles. The molecule has 0 aliphatic carbocycles. The maximum absolute atomic E-state index is 14.3. The van der Waals surface area contributed by atoms with E-state index < -0.39 is 11.6 Å². The third kappa shape index (κ3) is 3.24. The minimum Gasteiger partial charge on any atom is -0.409 e. The van der Waals surface area contributed by atoms with Crippen LogP contribution in [0.3, 0.4) is 0 Å². The molecule has 1 atom stereocenters. The monoisotopic (exact) mass is 299 g/mol. The largest absolute Gasteiger partial charge is 0.409 e. The van der Waals surface area contributed by atoms with Crippen LogP contribution in [0.1, 0.15) is 31.2 Å². The van der Waals surface area contributed by atoms with Crippen LogP contribution >= 0.6 is 0 Å². The molecule has 5 nitrogen and oxygen atoms in total. The fourth-order valence-corrected chi connectivity index (χ4v) is 2.79. The van der Waals surface area contributed by atoms with Crippen molar-refractivity contribution in [2.75, 3.05) is 18.1 Å². The van der Waals surface area contributed by atoms with Crippen LogP contribution in [0.25, 0.3) is 0 Å². The summed E-state index contributed by atoms with van der Waals surface area (Å²) in [6.45, 7) is 0.522. The highest BCUT2D eigenvalue weighted by molar-refractivity contribution is 5.97. The number of piperidine rings is 1. The van der Waals surface area contributed by atoms with Crippen molar-refractivity contribution in [2.24, 2.45) is 10.9 Å². The number of halogens is 2. The van der Waals surface area contributed by atoms with Crippen molar-refractivity contribution in [3.8, 4) is 0 Å². The van der Waals surface area contributed by atoms with Crippen LogP contribution in [-0.4, -0.2) is 35.3 Å². The van der Waals surface area contributed by atoms with E-state index >= 15 is 0 Å². The lowest BCUT2D eigenvalue weighted by atomic mass is 9.98. The van der Waals surface area contributed by atoms with Crippen LogP contribution in [0.2, 0.25) is 0 Å². The van der Waals surface area contributed by atoms with Crippen molar-refractivity contribution in [2.45, 2.75) is 31.7 Å². The lowest BCUT2D eigenvalue weighted by molar-refractivity contribution is 0.261. The molecule has 1 aliphatic rings. The molecule has 1 saturated heterocycles. The molecular weight excluding hydrogens is 280 g/mol. The molecule has 116 valence electrons. The van der Waals surface area contributed by atoms with Crippen LogP contribution < -0.4 is 10.6 Å². The number of nitrogens with zero attached hydrogens (tertiary/aromatic N) is 2. The van der Waals surface area contributed by atoms with Crippen LogP contribution in [0, 0.1) is 11.6 Å². The Morgan fingerprint density at radius 1 is 1.33 bits per heavy atom. The molecule has 1 unspecified atom stereocenters. The fourth-order valence-electron chi connectivity index (χ4n) is 2.79. The summed E-state index contributed by atoms with van der Waals surface area (Å²) < 4.78 is 28.5. The summed E-state index contributed by atoms with van der Waals surface area (Å²) >= 11 is 0. The minimum atomic E-state index is -0.749. The first-order chi connectivity index (χ1) is 10.1. The average molecular weight is 299 g/mol. The van der Waals surface area contributed by atoms with Crippen molar-refractivity contribution in [3.63, 3.8) is 0 Å². The summed E-state index contributed by atoms with van der Waals surface area (Å²) in [4.78, 5) is 1.67. The molecule has 1 aromatic rings. The first-order valence-electron chi connectivity index (χ1n) is 6.93. The average Bonchev–Trinajstić information content (AvgIpc) is 2.47. The van der Waals surface area contributed by atoms with Crippen molar-refractivity contribution >= 4 is 11.5 Å². The summed E-state index contributed by atoms with van der Waals surface area (Å²) in [5.41, 5.74) is 5.24. The minimum absolute atomic E-state index is 0.00744. The Bertz CT molecular complexity index is 512. The van der Waals surface area contributed by atoms with Gasteiger partial charge >= 0.3 is 0 Å². The summed E-state index contributed by atoms with van der Waals surface area (Å²) in [5.74, 6) is -1.84. The topological polar surface area (TPSA) is 82.1 Å². The molecule has 1 aliphatic heterocycles. The summed E-state index contributed by atoms with van der Waals surface area (Å²) in [7, 11) is 0. The van der Waals surface area contributed by atoms with Gasteiger partial charge in [-0.15, -0.1) is 0 Å². The molecule has 0 bridgehead atoms. The highest BCUT2D eigenvalue weighted by atomic mass is 19.1. The Labute approximate surface area is 121 Å². The summed E-state index contributed by atoms with van der Waals surface area (Å²) in [6, 6.07) is 2.03. The maximum Gasteiger partial charge on any atom is 0.170 e. The smallest absolute Gasteiger partial charge is 0.170 e. The highest BCUT2D eigenvalue weighted by Crippen LogP contribution is 2.31. The number of hydrogen-bond acceptors (Lipinski definition) is 4. The molecule has 0 radical (unpaired) electrons. The second-order valence-electron chi connectivity index (χ2n) is 5.13. The van der Waals surface area contributed by atoms with Gasteiger partial charge in [-0.1, -0.05) is 5.16 Å². The summed E-state index contributed by atoms with van der Waals surface area (Å²) in [6.07, 6.45) is 3.09. The molecule has 0 spiro atoms. The number of oxime groups is 1. The Kier molecular flexibility index (Phi) is 4.95. The van der Waals surface area contributed by atoms with Crippen LogP contribution in [-0.2, 0) is 0 Å². The van der Waals surface area contributed by atoms with E-state index in [1.54, 1.807) is 4.90 Å². The van der Waals surface area contributed by atoms with Crippen molar-refractivity contribution < 1.29 is 19.1 Å². The predicted octanol–water partition coefficient (Wildman–Crippen LogP) is 1.80. The Balaban J connectivity index is 2.38. The third-order valence-electron chi connectivity index (χ3n) is 3.80. The molecule has 2 rings (SSSR count). The van der Waals surface area contributed by atoms with E-state index in [1.165, 1.54) is 0 Å². The van der Waals surface area contributed by atoms with Crippen LogP contribution in [0.5, 0.6) is 0 Å². The van der Waals surface area contributed by atoms with E-state index in [9.17, 15) is 8.78 Å². The van der Waals surface area contributed by atoms with E-state index in [0.717, 1.165) is 31.4 Å². The Hall–Kier alpha value is -1.89. The van der Waals surface area contributed by atoms with Gasteiger partial charge in [0.2, 0.25) is 0 Å². The fraction of sp³-hybridized carbons (Fsp3) is 0.500. The molecule has 1 fully saturated rings. The van der Waals surface area contributed by atoms with Gasteiger partial charge in [-0.2, -0.15) is 0 Å². The number of nitrogens with two attached hydrogens (primary N) is 1. The van der Waals surface area contributed by atoms with Gasteiger partial charge in [0.15, 0.2) is 5.84 Å². The van der Waals surface area contributed by atoms with Crippen molar-refractivity contribution in [1.82, 2.24) is 0 Å². The zero-order chi connectivity index (χ0) is 15.4. The van der Waals surface area contributed by atoms with Gasteiger partial charge in [-0.3, -0.25) is 0 Å². The van der Waals surface area contributed by atoms with Gasteiger partial charge in [0, 0.05) is 24.8 Å². The first kappa shape index (κ1) is 15.5. The van der Waals surface area contributed by atoms with E-state index in [-0.39, 0.29) is 29.7 Å². The molecule has 4 N–H and O–H groups in total. The van der Waals surface area contributed by atoms with Gasteiger partial charge in [0.25, 0.3) is 0 Å². The van der Waals surface area contributed by atoms with Crippen LogP contribution in [0.15, 0.2) is 17.3 Å². The van der Waals surface area contributed by atoms with Gasteiger partial charge in [-0.25, -0.2) is 8.78 Å². The second kappa shape index (κ2) is 6.71. The molecule has 1 heterocycles. The number of aliphatic hydroxyl groups excluding tert-OH is 1. The van der Waals surface area contributed by atoms with Crippen molar-refractivity contribution in [3.05, 3.63) is 29.3 Å². The highest BCUT2D eigenvalue weighted by Gasteiger charge is 2.27. The lowest BCUT2D eigenvalue weighted by Gasteiger charge is -2.37. The van der Waals surface area contributed by atoms with Crippen molar-refractivity contribution in [1.29, 1.82) is 0 Å². The van der Waals surface area contributed by atoms with Gasteiger partial charge in [0.05, 0.1) is 0 Å². The Morgan fingerprint density at radius 2 is 2.00 bits per heavy atom. The maximum atomic E-state index is 14.3. The quantitative estimate of drug-likeness (QED) is 0.343. The number of amidine groups is 1. The normalized spacial score (nSPS) is 19.9. The Morgan fingerprint density at radius 3 is 2.57 bits per heavy atom. The number of anilines is 1. The SMILES string of the molecule is N/C(=N/O)c1cc(F)c(N2CCCCC2CCO)c(F)c1. The van der Waals surface area contributed by atoms with E-state index in [4.69, 9.17) is 16.0 Å². The van der Waals surface area contributed by atoms with E-state index in [1.807, 2.05) is 0 Å². The zero-order valence-electron chi connectivity index (χ0n) is 11.6. The third-order valence-corrected chi connectivity index (χ3v) is 3.80. The summed E-state index contributed by atoms with van der Waals surface area (Å²) in [5, 5.41) is 20.4. The standard InChI is InChI=1S/C14H19F2N3O2/c15-11-7-9(14(17)18-21)8-12(16)13(11)19-5-2-1-3-10(19)4-6-20/h7-8,10,20-21H,1-6H2,(H2,17,18). The molecular formula is C14H19F2N3O2. The molecule has 1 aromatic carbocycles. The molecule has 0 saturated carbocycles. The molecule has 21 heavy (non-hydrogen) atoms. The predicted molar refractivity (Wildman–Crippen MR) is 75.6 cm³/mol. The van der Waals surface area contributed by atoms with Gasteiger partial charge < -0.3 is 20.9 Å². The zero-order valence-corrected chi connectivity index (χ0v) is 11.6. The first-order valence-corrected chi connectivity index (χ1v) is 6.93. The second-order valence-corrected chi connectivity index (χ2v) is 5.13. The van der Waals surface area contributed by atoms with Gasteiger partial charge in [-0.05, 0) is 37.8 Å². The lowest BCUT2D eigenvalue weighted by Crippen LogP contribution is -2.41. The number of hydrogen-bond donors (Lipinski definition) is 3. The number of rotatable bonds is 4. The number of benzene rings is 1. The van der Waals surface area contributed by atoms with E-state index in [2.05, 4.69) is 5.16 Å². The molecule has 7 heteroatoms.